The fourth-order valence-corrected chi connectivity index (χ4v) is 2.97. The van der Waals surface area contributed by atoms with Crippen molar-refractivity contribution in [2.45, 2.75) is 6.18 Å². The van der Waals surface area contributed by atoms with Gasteiger partial charge in [-0.3, -0.25) is 4.68 Å². The van der Waals surface area contributed by atoms with Crippen LogP contribution in [0.5, 0.6) is 0 Å². The van der Waals surface area contributed by atoms with Crippen LogP contribution in [0, 0.1) is 5.82 Å². The van der Waals surface area contributed by atoms with Crippen molar-refractivity contribution >= 4 is 28.8 Å². The lowest BCUT2D eigenvalue weighted by molar-refractivity contribution is -0.137. The van der Waals surface area contributed by atoms with Gasteiger partial charge in [0.1, 0.15) is 11.6 Å². The van der Waals surface area contributed by atoms with E-state index >= 15 is 0 Å². The summed E-state index contributed by atoms with van der Waals surface area (Å²) in [5.74, 6) is -0.214. The third-order valence-electron chi connectivity index (χ3n) is 4.52. The Balaban J connectivity index is 1.75. The van der Waals surface area contributed by atoms with Crippen LogP contribution in [0.25, 0.3) is 11.1 Å². The van der Waals surface area contributed by atoms with Gasteiger partial charge in [-0.2, -0.15) is 23.3 Å². The van der Waals surface area contributed by atoms with E-state index in [-0.39, 0.29) is 17.5 Å². The lowest BCUT2D eigenvalue weighted by Crippen LogP contribution is -2.05. The molecule has 0 unspecified atom stereocenters. The maximum atomic E-state index is 14.3. The molecule has 32 heavy (non-hydrogen) atoms. The molecule has 0 aliphatic carbocycles. The molecule has 0 aliphatic heterocycles. The van der Waals surface area contributed by atoms with Crippen molar-refractivity contribution in [3.63, 3.8) is 0 Å². The Morgan fingerprint density at radius 1 is 1.00 bits per heavy atom. The molecule has 11 heteroatoms. The number of nitrogens with two attached hydrogens (primary N) is 1. The average molecular weight is 443 g/mol. The zero-order valence-corrected chi connectivity index (χ0v) is 16.7. The highest BCUT2D eigenvalue weighted by molar-refractivity contribution is 5.79. The van der Waals surface area contributed by atoms with Gasteiger partial charge in [0.15, 0.2) is 0 Å². The number of alkyl halides is 3. The van der Waals surface area contributed by atoms with Crippen LogP contribution in [0.1, 0.15) is 5.56 Å². The highest BCUT2D eigenvalue weighted by atomic mass is 19.4. The zero-order valence-electron chi connectivity index (χ0n) is 16.7. The molecule has 2 heterocycles. The van der Waals surface area contributed by atoms with E-state index in [1.165, 1.54) is 36.5 Å². The molecule has 2 aromatic heterocycles. The fourth-order valence-electron chi connectivity index (χ4n) is 2.97. The van der Waals surface area contributed by atoms with Crippen LogP contribution >= 0.6 is 0 Å². The highest BCUT2D eigenvalue weighted by Crippen LogP contribution is 2.34. The Labute approximate surface area is 179 Å². The third kappa shape index (κ3) is 4.61. The first-order valence-corrected chi connectivity index (χ1v) is 9.31. The molecule has 2 aromatic carbocycles. The van der Waals surface area contributed by atoms with Crippen molar-refractivity contribution in [1.29, 1.82) is 0 Å². The summed E-state index contributed by atoms with van der Waals surface area (Å²) in [5.41, 5.74) is 6.76. The van der Waals surface area contributed by atoms with Crippen molar-refractivity contribution in [2.75, 3.05) is 16.4 Å². The van der Waals surface area contributed by atoms with E-state index in [2.05, 4.69) is 25.7 Å². The maximum Gasteiger partial charge on any atom is 0.416 e. The highest BCUT2D eigenvalue weighted by Gasteiger charge is 2.30. The number of rotatable bonds is 5. The minimum Gasteiger partial charge on any atom is -0.399 e. The lowest BCUT2D eigenvalue weighted by Gasteiger charge is -2.14. The monoisotopic (exact) mass is 443 g/mol. The molecule has 4 N–H and O–H groups in total. The van der Waals surface area contributed by atoms with Gasteiger partial charge >= 0.3 is 6.18 Å². The van der Waals surface area contributed by atoms with Crippen molar-refractivity contribution in [3.05, 3.63) is 72.4 Å². The van der Waals surface area contributed by atoms with Crippen LogP contribution in [0.3, 0.4) is 0 Å². The number of nitrogens with one attached hydrogen (secondary N) is 2. The van der Waals surface area contributed by atoms with E-state index in [4.69, 9.17) is 5.73 Å². The molecule has 0 fully saturated rings. The molecule has 0 atom stereocenters. The Kier molecular flexibility index (Phi) is 5.39. The van der Waals surface area contributed by atoms with E-state index < -0.39 is 17.6 Å². The normalized spacial score (nSPS) is 11.4. The standard InChI is InChI=1S/C21H17F4N7/c1-32-11-15(9-28-32)29-20-27-10-16(12-2-4-13(5-3-12)21(23,24)25)19(31-20)30-18-8-14(26)6-7-17(18)22/h2-11H,26H2,1H3,(H2,27,29,30,31). The van der Waals surface area contributed by atoms with Crippen molar-refractivity contribution < 1.29 is 17.6 Å². The molecule has 0 aliphatic rings. The second kappa shape index (κ2) is 8.17. The smallest absolute Gasteiger partial charge is 0.399 e. The van der Waals surface area contributed by atoms with Crippen LogP contribution in [-0.2, 0) is 13.2 Å². The van der Waals surface area contributed by atoms with E-state index in [9.17, 15) is 17.6 Å². The minimum atomic E-state index is -4.46. The molecule has 0 spiro atoms. The molecule has 4 rings (SSSR count). The first-order valence-electron chi connectivity index (χ1n) is 9.31. The molecule has 4 aromatic rings. The summed E-state index contributed by atoms with van der Waals surface area (Å²) in [6.07, 6.45) is 0.245. The van der Waals surface area contributed by atoms with E-state index in [1.807, 2.05) is 0 Å². The predicted molar refractivity (Wildman–Crippen MR) is 113 cm³/mol. The summed E-state index contributed by atoms with van der Waals surface area (Å²) in [4.78, 5) is 8.62. The summed E-state index contributed by atoms with van der Waals surface area (Å²) in [6.45, 7) is 0. The van der Waals surface area contributed by atoms with Crippen LogP contribution in [0.15, 0.2) is 61.1 Å². The molecular formula is C21H17F4N7. The van der Waals surface area contributed by atoms with Gasteiger partial charge in [-0.1, -0.05) is 12.1 Å². The van der Waals surface area contributed by atoms with Gasteiger partial charge in [-0.05, 0) is 35.9 Å². The van der Waals surface area contributed by atoms with Crippen molar-refractivity contribution in [1.82, 2.24) is 19.7 Å². The van der Waals surface area contributed by atoms with Crippen LogP contribution in [-0.4, -0.2) is 19.7 Å². The number of hydrogen-bond acceptors (Lipinski definition) is 6. The summed E-state index contributed by atoms with van der Waals surface area (Å²) in [7, 11) is 1.75. The summed E-state index contributed by atoms with van der Waals surface area (Å²) in [5, 5.41) is 9.88. The Morgan fingerprint density at radius 3 is 2.41 bits per heavy atom. The van der Waals surface area contributed by atoms with Crippen LogP contribution < -0.4 is 16.4 Å². The molecule has 0 radical (unpaired) electrons. The van der Waals surface area contributed by atoms with Gasteiger partial charge in [0, 0.05) is 30.7 Å². The number of aryl methyl sites for hydroxylation is 1. The second-order valence-electron chi connectivity index (χ2n) is 6.92. The number of halogens is 4. The number of nitrogens with zero attached hydrogens (tertiary/aromatic N) is 4. The number of aromatic nitrogens is 4. The van der Waals surface area contributed by atoms with Gasteiger partial charge < -0.3 is 16.4 Å². The third-order valence-corrected chi connectivity index (χ3v) is 4.52. The van der Waals surface area contributed by atoms with Gasteiger partial charge in [0.25, 0.3) is 0 Å². The maximum absolute atomic E-state index is 14.3. The Morgan fingerprint density at radius 2 is 1.75 bits per heavy atom. The van der Waals surface area contributed by atoms with E-state index in [0.717, 1.165) is 12.1 Å². The predicted octanol–water partition coefficient (Wildman–Crippen LogP) is 5.10. The fraction of sp³-hybridized carbons (Fsp3) is 0.0952. The van der Waals surface area contributed by atoms with Crippen molar-refractivity contribution in [2.24, 2.45) is 7.05 Å². The molecule has 0 saturated carbocycles. The largest absolute Gasteiger partial charge is 0.416 e. The molecule has 7 nitrogen and oxygen atoms in total. The summed E-state index contributed by atoms with van der Waals surface area (Å²) >= 11 is 0. The molecular weight excluding hydrogens is 426 g/mol. The van der Waals surface area contributed by atoms with Gasteiger partial charge in [-0.25, -0.2) is 9.37 Å². The summed E-state index contributed by atoms with van der Waals surface area (Å²) < 4.78 is 54.7. The minimum absolute atomic E-state index is 0.0594. The first kappa shape index (κ1) is 21.1. The molecule has 0 bridgehead atoms. The van der Waals surface area contributed by atoms with Gasteiger partial charge in [0.2, 0.25) is 5.95 Å². The number of nitrogen functional groups attached to an aromatic ring is 1. The summed E-state index contributed by atoms with van der Waals surface area (Å²) in [6, 6.07) is 8.53. The zero-order chi connectivity index (χ0) is 22.9. The Hall–Kier alpha value is -4.15. The lowest BCUT2D eigenvalue weighted by atomic mass is 10.1. The molecule has 0 amide bonds. The number of hydrogen-bond donors (Lipinski definition) is 3. The van der Waals surface area contributed by atoms with E-state index in [1.54, 1.807) is 24.1 Å². The average Bonchev–Trinajstić information content (AvgIpc) is 3.15. The molecule has 164 valence electrons. The van der Waals surface area contributed by atoms with Crippen LogP contribution in [0.4, 0.5) is 46.4 Å². The van der Waals surface area contributed by atoms with E-state index in [0.29, 0.717) is 22.5 Å². The van der Waals surface area contributed by atoms with Gasteiger partial charge in [-0.15, -0.1) is 0 Å². The Bertz CT molecular complexity index is 1250. The quantitative estimate of drug-likeness (QED) is 0.293. The SMILES string of the molecule is Cn1cc(Nc2ncc(-c3ccc(C(F)(F)F)cc3)c(Nc3cc(N)ccc3F)n2)cn1. The number of anilines is 5. The van der Waals surface area contributed by atoms with Crippen LogP contribution in [0.2, 0.25) is 0 Å². The topological polar surface area (TPSA) is 93.7 Å². The second-order valence-corrected chi connectivity index (χ2v) is 6.92. The first-order chi connectivity index (χ1) is 15.2. The number of benzene rings is 2. The van der Waals surface area contributed by atoms with Crippen molar-refractivity contribution in [3.8, 4) is 11.1 Å². The molecule has 0 saturated heterocycles. The van der Waals surface area contributed by atoms with Gasteiger partial charge in [0.05, 0.1) is 23.1 Å².